The summed E-state index contributed by atoms with van der Waals surface area (Å²) < 4.78 is 57.3. The van der Waals surface area contributed by atoms with Crippen molar-refractivity contribution >= 4 is 11.9 Å². The first kappa shape index (κ1) is 25.9. The summed E-state index contributed by atoms with van der Waals surface area (Å²) in [5.74, 6) is -2.94. The molecule has 0 fully saturated rings. The molecule has 0 heterocycles. The van der Waals surface area contributed by atoms with Crippen LogP contribution in [-0.4, -0.2) is 24.5 Å². The van der Waals surface area contributed by atoms with E-state index in [4.69, 9.17) is 4.74 Å². The largest absolute Gasteiger partial charge is 0.464 e. The van der Waals surface area contributed by atoms with Gasteiger partial charge in [0.15, 0.2) is 0 Å². The quantitative estimate of drug-likeness (QED) is 0.235. The lowest BCUT2D eigenvalue weighted by atomic mass is 10.1. The van der Waals surface area contributed by atoms with E-state index >= 15 is 0 Å². The number of alkyl halides is 3. The molecule has 0 spiro atoms. The first-order valence-electron chi connectivity index (χ1n) is 10.5. The Morgan fingerprint density at radius 2 is 1.57 bits per heavy atom. The normalized spacial score (nSPS) is 12.5. The van der Waals surface area contributed by atoms with Crippen molar-refractivity contribution < 1.29 is 31.9 Å². The van der Waals surface area contributed by atoms with Gasteiger partial charge in [-0.15, -0.1) is 0 Å². The smallest absolute Gasteiger partial charge is 0.417 e. The van der Waals surface area contributed by atoms with Gasteiger partial charge in [-0.1, -0.05) is 58.3 Å². The van der Waals surface area contributed by atoms with E-state index in [9.17, 15) is 27.2 Å². The van der Waals surface area contributed by atoms with Crippen LogP contribution < -0.4 is 5.32 Å². The second kappa shape index (κ2) is 13.2. The van der Waals surface area contributed by atoms with Crippen LogP contribution in [0.15, 0.2) is 18.2 Å². The van der Waals surface area contributed by atoms with E-state index in [1.165, 1.54) is 39.0 Å². The Hall–Kier alpha value is -2.12. The minimum atomic E-state index is -4.89. The fraction of sp³-hybridized carbons (Fsp3) is 0.636. The molecule has 8 heteroatoms. The lowest BCUT2D eigenvalue weighted by Crippen LogP contribution is -2.40. The monoisotopic (exact) mass is 433 g/mol. The number of nitrogens with one attached hydrogen (secondary N) is 1. The minimum Gasteiger partial charge on any atom is -0.464 e. The highest BCUT2D eigenvalue weighted by Crippen LogP contribution is 2.32. The third-order valence-electron chi connectivity index (χ3n) is 4.73. The number of unbranched alkanes of at least 4 members (excludes halogenated alkanes) is 8. The SMILES string of the molecule is CCCCCCCCCCCOC(=O)C(C)NC(=O)c1ccc(F)cc1C(F)(F)F. The van der Waals surface area contributed by atoms with E-state index < -0.39 is 41.0 Å². The molecule has 1 amide bonds. The molecular formula is C22H31F4NO3. The highest BCUT2D eigenvalue weighted by molar-refractivity contribution is 5.98. The maximum atomic E-state index is 13.1. The molecule has 0 aliphatic carbocycles. The molecular weight excluding hydrogens is 402 g/mol. The van der Waals surface area contributed by atoms with Crippen molar-refractivity contribution in [1.29, 1.82) is 0 Å². The number of esters is 1. The van der Waals surface area contributed by atoms with Gasteiger partial charge in [0, 0.05) is 0 Å². The van der Waals surface area contributed by atoms with Gasteiger partial charge in [0.1, 0.15) is 11.9 Å². The zero-order valence-corrected chi connectivity index (χ0v) is 17.6. The molecule has 1 rings (SSSR count). The predicted molar refractivity (Wildman–Crippen MR) is 107 cm³/mol. The van der Waals surface area contributed by atoms with Crippen LogP contribution >= 0.6 is 0 Å². The number of rotatable bonds is 13. The molecule has 0 aromatic heterocycles. The summed E-state index contributed by atoms with van der Waals surface area (Å²) in [5, 5.41) is 2.18. The van der Waals surface area contributed by atoms with Crippen LogP contribution in [0.2, 0.25) is 0 Å². The first-order valence-corrected chi connectivity index (χ1v) is 10.5. The van der Waals surface area contributed by atoms with Crippen molar-refractivity contribution in [3.05, 3.63) is 35.1 Å². The van der Waals surface area contributed by atoms with Gasteiger partial charge in [-0.25, -0.2) is 9.18 Å². The third-order valence-corrected chi connectivity index (χ3v) is 4.73. The van der Waals surface area contributed by atoms with E-state index in [1.54, 1.807) is 0 Å². The number of benzene rings is 1. The van der Waals surface area contributed by atoms with Crippen molar-refractivity contribution in [2.24, 2.45) is 0 Å². The molecule has 1 unspecified atom stereocenters. The zero-order chi connectivity index (χ0) is 22.6. The van der Waals surface area contributed by atoms with Gasteiger partial charge in [0.2, 0.25) is 0 Å². The van der Waals surface area contributed by atoms with E-state index in [0.717, 1.165) is 31.4 Å². The molecule has 1 N–H and O–H groups in total. The van der Waals surface area contributed by atoms with Gasteiger partial charge < -0.3 is 10.1 Å². The van der Waals surface area contributed by atoms with Crippen LogP contribution in [0, 0.1) is 5.82 Å². The molecule has 170 valence electrons. The average Bonchev–Trinajstić information content (AvgIpc) is 2.68. The van der Waals surface area contributed by atoms with Gasteiger partial charge >= 0.3 is 12.1 Å². The highest BCUT2D eigenvalue weighted by atomic mass is 19.4. The van der Waals surface area contributed by atoms with Crippen LogP contribution in [0.1, 0.15) is 87.6 Å². The summed E-state index contributed by atoms with van der Waals surface area (Å²) in [6, 6.07) is 0.633. The van der Waals surface area contributed by atoms with Gasteiger partial charge in [-0.05, 0) is 31.5 Å². The Labute approximate surface area is 175 Å². The Morgan fingerprint density at radius 1 is 1.00 bits per heavy atom. The summed E-state index contributed by atoms with van der Waals surface area (Å²) in [7, 11) is 0. The summed E-state index contributed by atoms with van der Waals surface area (Å²) in [6.45, 7) is 3.70. The van der Waals surface area contributed by atoms with E-state index in [2.05, 4.69) is 12.2 Å². The van der Waals surface area contributed by atoms with E-state index in [1.807, 2.05) is 0 Å². The first-order chi connectivity index (χ1) is 14.2. The molecule has 0 saturated heterocycles. The van der Waals surface area contributed by atoms with Gasteiger partial charge in [0.25, 0.3) is 5.91 Å². The van der Waals surface area contributed by atoms with Gasteiger partial charge in [-0.3, -0.25) is 4.79 Å². The molecule has 4 nitrogen and oxygen atoms in total. The van der Waals surface area contributed by atoms with Crippen LogP contribution in [-0.2, 0) is 15.7 Å². The lowest BCUT2D eigenvalue weighted by molar-refractivity contribution is -0.145. The van der Waals surface area contributed by atoms with Crippen molar-refractivity contribution in [3.8, 4) is 0 Å². The molecule has 0 saturated carbocycles. The molecule has 0 bridgehead atoms. The molecule has 30 heavy (non-hydrogen) atoms. The topological polar surface area (TPSA) is 55.4 Å². The zero-order valence-electron chi connectivity index (χ0n) is 17.6. The summed E-state index contributed by atoms with van der Waals surface area (Å²) >= 11 is 0. The second-order valence-electron chi connectivity index (χ2n) is 7.38. The van der Waals surface area contributed by atoms with E-state index in [-0.39, 0.29) is 12.7 Å². The van der Waals surface area contributed by atoms with Crippen LogP contribution in [0.5, 0.6) is 0 Å². The maximum absolute atomic E-state index is 13.1. The molecule has 1 aromatic carbocycles. The highest BCUT2D eigenvalue weighted by Gasteiger charge is 2.36. The number of ether oxygens (including phenoxy) is 1. The lowest BCUT2D eigenvalue weighted by Gasteiger charge is -2.16. The summed E-state index contributed by atoms with van der Waals surface area (Å²) in [6.07, 6.45) is 5.11. The number of hydrogen-bond donors (Lipinski definition) is 1. The van der Waals surface area contributed by atoms with Crippen molar-refractivity contribution in [3.63, 3.8) is 0 Å². The Bertz CT molecular complexity index is 677. The summed E-state index contributed by atoms with van der Waals surface area (Å²) in [4.78, 5) is 24.1. The van der Waals surface area contributed by atoms with Gasteiger partial charge in [-0.2, -0.15) is 13.2 Å². The number of carbonyl (C=O) groups is 2. The van der Waals surface area contributed by atoms with Gasteiger partial charge in [0.05, 0.1) is 17.7 Å². The standard InChI is InChI=1S/C22H31F4NO3/c1-3-4-5-6-7-8-9-10-11-14-30-21(29)16(2)27-20(28)18-13-12-17(23)15-19(18)22(24,25)26/h12-13,15-16H,3-11,14H2,1-2H3,(H,27,28). The molecule has 1 aromatic rings. The van der Waals surface area contributed by atoms with Crippen molar-refractivity contribution in [2.75, 3.05) is 6.61 Å². The Kier molecular flexibility index (Phi) is 11.4. The maximum Gasteiger partial charge on any atom is 0.417 e. The van der Waals surface area contributed by atoms with E-state index in [0.29, 0.717) is 6.42 Å². The molecule has 0 radical (unpaired) electrons. The fourth-order valence-corrected chi connectivity index (χ4v) is 2.99. The fourth-order valence-electron chi connectivity index (χ4n) is 2.99. The van der Waals surface area contributed by atoms with Crippen LogP contribution in [0.4, 0.5) is 17.6 Å². The predicted octanol–water partition coefficient (Wildman–Crippen LogP) is 6.04. The Balaban J connectivity index is 2.35. The van der Waals surface area contributed by atoms with Crippen LogP contribution in [0.25, 0.3) is 0 Å². The average molecular weight is 433 g/mol. The second-order valence-corrected chi connectivity index (χ2v) is 7.38. The van der Waals surface area contributed by atoms with Crippen molar-refractivity contribution in [1.82, 2.24) is 5.32 Å². The van der Waals surface area contributed by atoms with Crippen LogP contribution in [0.3, 0.4) is 0 Å². The number of hydrogen-bond acceptors (Lipinski definition) is 3. The minimum absolute atomic E-state index is 0.194. The summed E-state index contributed by atoms with van der Waals surface area (Å²) in [5.41, 5.74) is -2.14. The molecule has 0 aliphatic rings. The molecule has 0 aliphatic heterocycles. The van der Waals surface area contributed by atoms with Crippen molar-refractivity contribution in [2.45, 2.75) is 83.9 Å². The number of halogens is 4. The third kappa shape index (κ3) is 9.59. The Morgan fingerprint density at radius 3 is 2.13 bits per heavy atom. The number of amides is 1. The molecule has 1 atom stereocenters. The number of carbonyl (C=O) groups excluding carboxylic acids is 2.